The predicted octanol–water partition coefficient (Wildman–Crippen LogP) is 2.79. The average Bonchev–Trinajstić information content (AvgIpc) is 2.52. The monoisotopic (exact) mass is 377 g/mol. The fraction of sp³-hybridized carbons (Fsp3) is 0.650. The van der Waals surface area contributed by atoms with Crippen molar-refractivity contribution in [2.24, 2.45) is 4.99 Å². The lowest BCUT2D eigenvalue weighted by Crippen LogP contribution is -2.49. The van der Waals surface area contributed by atoms with Crippen LogP contribution >= 0.6 is 0 Å². The number of amides is 1. The minimum Gasteiger partial charge on any atom is -0.444 e. The number of hydrogen-bond donors (Lipinski definition) is 3. The SMILES string of the molecule is CCNC(=NCC(C)(C)NC(=O)OC(C)(C)C)NCCc1ccc(C)nc1. The van der Waals surface area contributed by atoms with E-state index < -0.39 is 17.2 Å². The van der Waals surface area contributed by atoms with Gasteiger partial charge in [-0.25, -0.2) is 4.79 Å². The van der Waals surface area contributed by atoms with Crippen LogP contribution in [0.25, 0.3) is 0 Å². The van der Waals surface area contributed by atoms with Gasteiger partial charge in [-0.15, -0.1) is 0 Å². The molecule has 3 N–H and O–H groups in total. The Morgan fingerprint density at radius 1 is 1.19 bits per heavy atom. The smallest absolute Gasteiger partial charge is 0.408 e. The number of hydrogen-bond acceptors (Lipinski definition) is 4. The molecule has 0 fully saturated rings. The van der Waals surface area contributed by atoms with Crippen molar-refractivity contribution >= 4 is 12.1 Å². The van der Waals surface area contributed by atoms with Gasteiger partial charge in [0.1, 0.15) is 5.60 Å². The molecule has 0 saturated carbocycles. The Labute approximate surface area is 163 Å². The first-order valence-corrected chi connectivity index (χ1v) is 9.45. The van der Waals surface area contributed by atoms with Crippen molar-refractivity contribution in [2.75, 3.05) is 19.6 Å². The van der Waals surface area contributed by atoms with Gasteiger partial charge in [0.25, 0.3) is 0 Å². The summed E-state index contributed by atoms with van der Waals surface area (Å²) in [5, 5.41) is 9.40. The van der Waals surface area contributed by atoms with Crippen molar-refractivity contribution in [1.29, 1.82) is 0 Å². The Morgan fingerprint density at radius 2 is 1.89 bits per heavy atom. The highest BCUT2D eigenvalue weighted by Crippen LogP contribution is 2.09. The Balaban J connectivity index is 2.55. The highest BCUT2D eigenvalue weighted by atomic mass is 16.6. The average molecular weight is 378 g/mol. The van der Waals surface area contributed by atoms with Gasteiger partial charge in [-0.1, -0.05) is 6.07 Å². The van der Waals surface area contributed by atoms with Crippen molar-refractivity contribution in [3.05, 3.63) is 29.6 Å². The van der Waals surface area contributed by atoms with Gasteiger partial charge in [-0.05, 0) is 66.5 Å². The summed E-state index contributed by atoms with van der Waals surface area (Å²) in [6.45, 7) is 15.3. The van der Waals surface area contributed by atoms with Crippen molar-refractivity contribution in [3.63, 3.8) is 0 Å². The number of pyridine rings is 1. The van der Waals surface area contributed by atoms with E-state index in [4.69, 9.17) is 4.74 Å². The first-order chi connectivity index (χ1) is 12.5. The number of nitrogens with one attached hydrogen (secondary N) is 3. The molecule has 7 nitrogen and oxygen atoms in total. The molecule has 1 rings (SSSR count). The van der Waals surface area contributed by atoms with Crippen LogP contribution in [0.2, 0.25) is 0 Å². The lowest BCUT2D eigenvalue weighted by Gasteiger charge is -2.27. The van der Waals surface area contributed by atoms with Gasteiger partial charge >= 0.3 is 6.09 Å². The maximum Gasteiger partial charge on any atom is 0.408 e. The number of aliphatic imine (C=N–C) groups is 1. The molecule has 27 heavy (non-hydrogen) atoms. The molecule has 0 aromatic carbocycles. The fourth-order valence-electron chi connectivity index (χ4n) is 2.21. The molecule has 0 spiro atoms. The maximum atomic E-state index is 12.0. The molecule has 0 aliphatic carbocycles. The molecule has 1 aromatic rings. The normalized spacial score (nSPS) is 12.5. The van der Waals surface area contributed by atoms with Crippen LogP contribution in [0.4, 0.5) is 4.79 Å². The van der Waals surface area contributed by atoms with Gasteiger partial charge in [-0.3, -0.25) is 9.98 Å². The van der Waals surface area contributed by atoms with E-state index in [1.54, 1.807) is 0 Å². The van der Waals surface area contributed by atoms with E-state index in [1.807, 2.05) is 60.7 Å². The Bertz CT molecular complexity index is 618. The predicted molar refractivity (Wildman–Crippen MR) is 110 cm³/mol. The first kappa shape index (κ1) is 22.7. The standard InChI is InChI=1S/C20H35N5O2/c1-8-21-17(22-12-11-16-10-9-15(2)23-13-16)24-14-20(6,7)25-18(26)27-19(3,4)5/h9-10,13H,8,11-12,14H2,1-7H3,(H,25,26)(H2,21,22,24). The van der Waals surface area contributed by atoms with Crippen LogP contribution in [0.3, 0.4) is 0 Å². The second kappa shape index (κ2) is 10.1. The van der Waals surface area contributed by atoms with Crippen LogP contribution in [0, 0.1) is 6.92 Å². The number of alkyl carbamates (subject to hydrolysis) is 1. The second-order valence-corrected chi connectivity index (χ2v) is 8.19. The number of aryl methyl sites for hydroxylation is 1. The van der Waals surface area contributed by atoms with E-state index in [1.165, 1.54) is 5.56 Å². The lowest BCUT2D eigenvalue weighted by atomic mass is 10.1. The van der Waals surface area contributed by atoms with Crippen molar-refractivity contribution in [2.45, 2.75) is 66.0 Å². The van der Waals surface area contributed by atoms with Crippen LogP contribution in [-0.2, 0) is 11.2 Å². The molecular weight excluding hydrogens is 342 g/mol. The van der Waals surface area contributed by atoms with Crippen LogP contribution in [-0.4, -0.2) is 47.8 Å². The van der Waals surface area contributed by atoms with Crippen LogP contribution in [0.1, 0.15) is 52.8 Å². The van der Waals surface area contributed by atoms with Crippen molar-refractivity contribution in [1.82, 2.24) is 20.9 Å². The van der Waals surface area contributed by atoms with Crippen LogP contribution in [0.5, 0.6) is 0 Å². The molecule has 0 radical (unpaired) electrons. The molecule has 0 saturated heterocycles. The van der Waals surface area contributed by atoms with E-state index >= 15 is 0 Å². The molecule has 1 heterocycles. The Kier molecular flexibility index (Phi) is 8.53. The highest BCUT2D eigenvalue weighted by molar-refractivity contribution is 5.79. The topological polar surface area (TPSA) is 87.6 Å². The summed E-state index contributed by atoms with van der Waals surface area (Å²) in [7, 11) is 0. The molecule has 152 valence electrons. The van der Waals surface area contributed by atoms with Gasteiger partial charge in [0, 0.05) is 25.0 Å². The van der Waals surface area contributed by atoms with Gasteiger partial charge < -0.3 is 20.7 Å². The minimum absolute atomic E-state index is 0.424. The highest BCUT2D eigenvalue weighted by Gasteiger charge is 2.24. The molecule has 1 amide bonds. The molecule has 0 aliphatic rings. The Hall–Kier alpha value is -2.31. The summed E-state index contributed by atoms with van der Waals surface area (Å²) in [5.41, 5.74) is 1.15. The van der Waals surface area contributed by atoms with Crippen LogP contribution < -0.4 is 16.0 Å². The first-order valence-electron chi connectivity index (χ1n) is 9.45. The van der Waals surface area contributed by atoms with E-state index in [0.29, 0.717) is 6.54 Å². The number of aromatic nitrogens is 1. The summed E-state index contributed by atoms with van der Waals surface area (Å²) in [4.78, 5) is 20.9. The molecule has 0 aliphatic heterocycles. The summed E-state index contributed by atoms with van der Waals surface area (Å²) in [6.07, 6.45) is 2.32. The van der Waals surface area contributed by atoms with Crippen LogP contribution in [0.15, 0.2) is 23.3 Å². The molecule has 7 heteroatoms. The van der Waals surface area contributed by atoms with Gasteiger partial charge in [-0.2, -0.15) is 0 Å². The van der Waals surface area contributed by atoms with Gasteiger partial charge in [0.05, 0.1) is 12.1 Å². The minimum atomic E-state index is -0.523. The molecule has 0 unspecified atom stereocenters. The molecule has 0 atom stereocenters. The van der Waals surface area contributed by atoms with Gasteiger partial charge in [0.2, 0.25) is 0 Å². The molecule has 0 bridgehead atoms. The summed E-state index contributed by atoms with van der Waals surface area (Å²) < 4.78 is 5.31. The molecular formula is C20H35N5O2. The van der Waals surface area contributed by atoms with Crippen molar-refractivity contribution < 1.29 is 9.53 Å². The summed E-state index contributed by atoms with van der Waals surface area (Å²) in [5.74, 6) is 0.719. The zero-order valence-electron chi connectivity index (χ0n) is 17.8. The largest absolute Gasteiger partial charge is 0.444 e. The van der Waals surface area contributed by atoms with E-state index in [0.717, 1.165) is 31.2 Å². The van der Waals surface area contributed by atoms with Gasteiger partial charge in [0.15, 0.2) is 5.96 Å². The summed E-state index contributed by atoms with van der Waals surface area (Å²) >= 11 is 0. The number of guanidine groups is 1. The molecule has 1 aromatic heterocycles. The third-order valence-corrected chi connectivity index (χ3v) is 3.49. The fourth-order valence-corrected chi connectivity index (χ4v) is 2.21. The number of nitrogens with zero attached hydrogens (tertiary/aromatic N) is 2. The quantitative estimate of drug-likeness (QED) is 0.502. The second-order valence-electron chi connectivity index (χ2n) is 8.19. The summed E-state index contributed by atoms with van der Waals surface area (Å²) in [6, 6.07) is 4.10. The zero-order chi connectivity index (χ0) is 20.5. The number of carbonyl (C=O) groups is 1. The third-order valence-electron chi connectivity index (χ3n) is 3.49. The zero-order valence-corrected chi connectivity index (χ0v) is 17.8. The number of carbonyl (C=O) groups excluding carboxylic acids is 1. The van der Waals surface area contributed by atoms with E-state index in [-0.39, 0.29) is 0 Å². The maximum absolute atomic E-state index is 12.0. The van der Waals surface area contributed by atoms with Crippen molar-refractivity contribution in [3.8, 4) is 0 Å². The number of rotatable bonds is 7. The lowest BCUT2D eigenvalue weighted by molar-refractivity contribution is 0.0476. The van der Waals surface area contributed by atoms with E-state index in [2.05, 4.69) is 32.0 Å². The van der Waals surface area contributed by atoms with E-state index in [9.17, 15) is 4.79 Å². The Morgan fingerprint density at radius 3 is 2.44 bits per heavy atom. The third kappa shape index (κ3) is 10.4. The number of ether oxygens (including phenoxy) is 1.